The molecule has 0 saturated carbocycles. The third-order valence-corrected chi connectivity index (χ3v) is 3.75. The van der Waals surface area contributed by atoms with Gasteiger partial charge in [-0.15, -0.1) is 11.3 Å². The second kappa shape index (κ2) is 4.86. The van der Waals surface area contributed by atoms with Gasteiger partial charge in [0.2, 0.25) is 0 Å². The van der Waals surface area contributed by atoms with E-state index in [2.05, 4.69) is 4.98 Å². The van der Waals surface area contributed by atoms with E-state index >= 15 is 0 Å². The average Bonchev–Trinajstić information content (AvgIpc) is 2.63. The summed E-state index contributed by atoms with van der Waals surface area (Å²) < 4.78 is 5.00. The highest BCUT2D eigenvalue weighted by Gasteiger charge is 2.21. The van der Waals surface area contributed by atoms with Gasteiger partial charge in [-0.1, -0.05) is 0 Å². The summed E-state index contributed by atoms with van der Waals surface area (Å²) in [4.78, 5) is 17.0. The zero-order valence-corrected chi connectivity index (χ0v) is 9.73. The minimum Gasteiger partial charge on any atom is -0.385 e. The Morgan fingerprint density at radius 3 is 3.07 bits per heavy atom. The number of aryl methyl sites for hydroxylation is 2. The van der Waals surface area contributed by atoms with E-state index in [1.165, 1.54) is 0 Å². The molecule has 1 aliphatic rings. The fourth-order valence-corrected chi connectivity index (χ4v) is 2.91. The summed E-state index contributed by atoms with van der Waals surface area (Å²) in [5, 5.41) is 1.09. The molecule has 0 bridgehead atoms. The molecule has 0 saturated heterocycles. The molecular formula is C11H15NO2S. The Hall–Kier alpha value is -0.740. The Kier molecular flexibility index (Phi) is 3.49. The minimum atomic E-state index is 0.284. The van der Waals surface area contributed by atoms with Gasteiger partial charge in [-0.2, -0.15) is 0 Å². The molecule has 15 heavy (non-hydrogen) atoms. The SMILES string of the molecule is COCCCc1nc2c(s1)C(=O)CCC2. The van der Waals surface area contributed by atoms with Crippen molar-refractivity contribution in [3.8, 4) is 0 Å². The molecule has 0 atom stereocenters. The van der Waals surface area contributed by atoms with E-state index in [-0.39, 0.29) is 5.78 Å². The van der Waals surface area contributed by atoms with Crippen LogP contribution in [0.2, 0.25) is 0 Å². The van der Waals surface area contributed by atoms with Crippen LogP contribution < -0.4 is 0 Å². The van der Waals surface area contributed by atoms with Gasteiger partial charge in [0.15, 0.2) is 5.78 Å². The first-order valence-electron chi connectivity index (χ1n) is 5.32. The number of thiazole rings is 1. The lowest BCUT2D eigenvalue weighted by atomic mass is 10.0. The molecule has 1 heterocycles. The molecule has 0 fully saturated rings. The van der Waals surface area contributed by atoms with E-state index in [1.54, 1.807) is 18.4 Å². The van der Waals surface area contributed by atoms with Crippen molar-refractivity contribution in [2.24, 2.45) is 0 Å². The summed E-state index contributed by atoms with van der Waals surface area (Å²) >= 11 is 1.58. The molecule has 1 aromatic heterocycles. The lowest BCUT2D eigenvalue weighted by Crippen LogP contribution is -2.07. The second-order valence-corrected chi connectivity index (χ2v) is 4.84. The molecule has 0 amide bonds. The van der Waals surface area contributed by atoms with Gasteiger partial charge < -0.3 is 4.74 Å². The van der Waals surface area contributed by atoms with Crippen LogP contribution in [-0.4, -0.2) is 24.5 Å². The quantitative estimate of drug-likeness (QED) is 0.738. The van der Waals surface area contributed by atoms with Gasteiger partial charge >= 0.3 is 0 Å². The molecule has 82 valence electrons. The van der Waals surface area contributed by atoms with Gasteiger partial charge in [0, 0.05) is 26.6 Å². The lowest BCUT2D eigenvalue weighted by Gasteiger charge is -2.06. The molecular weight excluding hydrogens is 210 g/mol. The first kappa shape index (κ1) is 10.8. The Labute approximate surface area is 93.5 Å². The molecule has 0 aromatic carbocycles. The van der Waals surface area contributed by atoms with Gasteiger partial charge in [-0.05, 0) is 19.3 Å². The molecule has 1 aromatic rings. The molecule has 2 rings (SSSR count). The van der Waals surface area contributed by atoms with Gasteiger partial charge in [0.25, 0.3) is 0 Å². The van der Waals surface area contributed by atoms with Crippen molar-refractivity contribution in [2.45, 2.75) is 32.1 Å². The highest BCUT2D eigenvalue weighted by Crippen LogP contribution is 2.27. The second-order valence-electron chi connectivity index (χ2n) is 3.76. The normalized spacial score (nSPS) is 15.4. The Bertz CT molecular complexity index is 359. The third kappa shape index (κ3) is 2.44. The number of carbonyl (C=O) groups is 1. The van der Waals surface area contributed by atoms with Gasteiger partial charge in [0.1, 0.15) is 0 Å². The number of Topliss-reactive ketones (excluding diaryl/α,β-unsaturated/α-hetero) is 1. The summed E-state index contributed by atoms with van der Waals surface area (Å²) in [6.07, 6.45) is 4.55. The fourth-order valence-electron chi connectivity index (χ4n) is 1.79. The van der Waals surface area contributed by atoms with Crippen LogP contribution in [0.15, 0.2) is 0 Å². The van der Waals surface area contributed by atoms with E-state index in [0.717, 1.165) is 47.9 Å². The zero-order valence-electron chi connectivity index (χ0n) is 8.91. The van der Waals surface area contributed by atoms with E-state index in [4.69, 9.17) is 4.74 Å². The highest BCUT2D eigenvalue weighted by atomic mass is 32.1. The van der Waals surface area contributed by atoms with Crippen molar-refractivity contribution in [2.75, 3.05) is 13.7 Å². The number of carbonyl (C=O) groups excluding carboxylic acids is 1. The van der Waals surface area contributed by atoms with Crippen LogP contribution in [-0.2, 0) is 17.6 Å². The number of hydrogen-bond acceptors (Lipinski definition) is 4. The maximum Gasteiger partial charge on any atom is 0.174 e. The van der Waals surface area contributed by atoms with Crippen LogP contribution in [0.3, 0.4) is 0 Å². The first-order chi connectivity index (χ1) is 7.31. The number of fused-ring (bicyclic) bond motifs is 1. The van der Waals surface area contributed by atoms with E-state index < -0.39 is 0 Å². The van der Waals surface area contributed by atoms with Gasteiger partial charge in [-0.25, -0.2) is 4.98 Å². The van der Waals surface area contributed by atoms with Crippen LogP contribution in [0.25, 0.3) is 0 Å². The number of hydrogen-bond donors (Lipinski definition) is 0. The summed E-state index contributed by atoms with van der Waals surface area (Å²) in [5.41, 5.74) is 1.03. The number of aromatic nitrogens is 1. The van der Waals surface area contributed by atoms with E-state index in [0.29, 0.717) is 6.42 Å². The van der Waals surface area contributed by atoms with Crippen LogP contribution in [0, 0.1) is 0 Å². The monoisotopic (exact) mass is 225 g/mol. The topological polar surface area (TPSA) is 39.2 Å². The zero-order chi connectivity index (χ0) is 10.7. The largest absolute Gasteiger partial charge is 0.385 e. The Morgan fingerprint density at radius 1 is 1.47 bits per heavy atom. The summed E-state index contributed by atoms with van der Waals surface area (Å²) in [5.74, 6) is 0.284. The Balaban J connectivity index is 2.05. The smallest absolute Gasteiger partial charge is 0.174 e. The van der Waals surface area contributed by atoms with Crippen molar-refractivity contribution < 1.29 is 9.53 Å². The molecule has 1 aliphatic carbocycles. The highest BCUT2D eigenvalue weighted by molar-refractivity contribution is 7.13. The molecule has 4 heteroatoms. The van der Waals surface area contributed by atoms with Crippen LogP contribution >= 0.6 is 11.3 Å². The molecule has 0 unspecified atom stereocenters. The van der Waals surface area contributed by atoms with Crippen LogP contribution in [0.1, 0.15) is 39.6 Å². The number of ketones is 1. The number of ether oxygens (including phenoxy) is 1. The summed E-state index contributed by atoms with van der Waals surface area (Å²) in [6.45, 7) is 0.762. The number of nitrogens with zero attached hydrogens (tertiary/aromatic N) is 1. The van der Waals surface area contributed by atoms with Crippen molar-refractivity contribution in [3.05, 3.63) is 15.6 Å². The predicted molar refractivity (Wildman–Crippen MR) is 59.6 cm³/mol. The predicted octanol–water partition coefficient (Wildman–Crippen LogP) is 2.24. The van der Waals surface area contributed by atoms with Crippen molar-refractivity contribution in [1.29, 1.82) is 0 Å². The van der Waals surface area contributed by atoms with Gasteiger partial charge in [-0.3, -0.25) is 4.79 Å². The van der Waals surface area contributed by atoms with E-state index in [9.17, 15) is 4.79 Å². The average molecular weight is 225 g/mol. The fraction of sp³-hybridized carbons (Fsp3) is 0.636. The summed E-state index contributed by atoms with van der Waals surface area (Å²) in [6, 6.07) is 0. The van der Waals surface area contributed by atoms with Crippen molar-refractivity contribution in [3.63, 3.8) is 0 Å². The molecule has 0 spiro atoms. The lowest BCUT2D eigenvalue weighted by molar-refractivity contribution is 0.0976. The standard InChI is InChI=1S/C11H15NO2S/c1-14-7-3-6-10-12-8-4-2-5-9(13)11(8)15-10/h2-7H2,1H3. The molecule has 0 aliphatic heterocycles. The summed E-state index contributed by atoms with van der Waals surface area (Å²) in [7, 11) is 1.70. The van der Waals surface area contributed by atoms with E-state index in [1.807, 2.05) is 0 Å². The maximum absolute atomic E-state index is 11.6. The minimum absolute atomic E-state index is 0.284. The van der Waals surface area contributed by atoms with Crippen LogP contribution in [0.5, 0.6) is 0 Å². The molecule has 0 radical (unpaired) electrons. The maximum atomic E-state index is 11.6. The van der Waals surface area contributed by atoms with Crippen LogP contribution in [0.4, 0.5) is 0 Å². The third-order valence-electron chi connectivity index (χ3n) is 2.55. The van der Waals surface area contributed by atoms with Gasteiger partial charge in [0.05, 0.1) is 15.6 Å². The molecule has 3 nitrogen and oxygen atoms in total. The number of methoxy groups -OCH3 is 1. The van der Waals surface area contributed by atoms with Crippen molar-refractivity contribution in [1.82, 2.24) is 4.98 Å². The van der Waals surface area contributed by atoms with Crippen molar-refractivity contribution >= 4 is 17.1 Å². The Morgan fingerprint density at radius 2 is 2.33 bits per heavy atom. The number of rotatable bonds is 4. The first-order valence-corrected chi connectivity index (χ1v) is 6.13. The molecule has 0 N–H and O–H groups in total.